The fourth-order valence-electron chi connectivity index (χ4n) is 3.22. The van der Waals surface area contributed by atoms with E-state index in [2.05, 4.69) is 35.6 Å². The molecule has 1 saturated heterocycles. The number of hydrogen-bond acceptors (Lipinski definition) is 6. The molecular weight excluding hydrogens is 314 g/mol. The molecule has 2 aliphatic heterocycles. The van der Waals surface area contributed by atoms with E-state index in [9.17, 15) is 0 Å². The van der Waals surface area contributed by atoms with Crippen LogP contribution in [0.2, 0.25) is 5.02 Å². The van der Waals surface area contributed by atoms with Crippen LogP contribution in [0.25, 0.3) is 0 Å². The summed E-state index contributed by atoms with van der Waals surface area (Å²) in [6, 6.07) is 4.20. The third-order valence-corrected chi connectivity index (χ3v) is 4.87. The lowest BCUT2D eigenvalue weighted by atomic mass is 10.1. The Morgan fingerprint density at radius 2 is 2.13 bits per heavy atom. The first kappa shape index (κ1) is 14.4. The van der Waals surface area contributed by atoms with Crippen molar-refractivity contribution in [2.24, 2.45) is 0 Å². The highest BCUT2D eigenvalue weighted by atomic mass is 35.5. The minimum absolute atomic E-state index is 0.481. The number of rotatable bonds is 2. The average Bonchev–Trinajstić information content (AvgIpc) is 2.88. The molecule has 0 saturated carbocycles. The van der Waals surface area contributed by atoms with E-state index >= 15 is 0 Å². The molecule has 7 nitrogen and oxygen atoms in total. The highest BCUT2D eigenvalue weighted by Gasteiger charge is 2.35. The zero-order valence-corrected chi connectivity index (χ0v) is 13.5. The molecule has 0 spiro atoms. The third kappa shape index (κ3) is 2.44. The number of nitrogens with zero attached hydrogens (tertiary/aromatic N) is 7. The Labute approximate surface area is 139 Å². The molecule has 4 rings (SSSR count). The van der Waals surface area contributed by atoms with Crippen molar-refractivity contribution in [1.82, 2.24) is 24.6 Å². The van der Waals surface area contributed by atoms with E-state index in [4.69, 9.17) is 16.9 Å². The molecule has 0 aromatic carbocycles. The second-order valence-corrected chi connectivity index (χ2v) is 6.39. The predicted octanol–water partition coefficient (Wildman–Crippen LogP) is 1.21. The van der Waals surface area contributed by atoms with E-state index in [1.54, 1.807) is 12.3 Å². The molecule has 0 unspecified atom stereocenters. The van der Waals surface area contributed by atoms with Crippen LogP contribution in [-0.2, 0) is 13.1 Å². The quantitative estimate of drug-likeness (QED) is 0.824. The van der Waals surface area contributed by atoms with E-state index in [1.165, 1.54) is 0 Å². The minimum atomic E-state index is 0.481. The molecule has 0 amide bonds. The molecule has 2 aromatic rings. The van der Waals surface area contributed by atoms with Crippen LogP contribution in [0.5, 0.6) is 0 Å². The molecule has 8 heteroatoms. The van der Waals surface area contributed by atoms with Gasteiger partial charge in [0.25, 0.3) is 0 Å². The Balaban J connectivity index is 1.42. The highest BCUT2D eigenvalue weighted by molar-refractivity contribution is 6.33. The molecule has 4 heterocycles. The van der Waals surface area contributed by atoms with Crippen LogP contribution in [0.1, 0.15) is 17.2 Å². The third-order valence-electron chi connectivity index (χ3n) is 4.60. The molecule has 23 heavy (non-hydrogen) atoms. The average molecular weight is 330 g/mol. The Morgan fingerprint density at radius 3 is 2.87 bits per heavy atom. The number of nitriles is 1. The highest BCUT2D eigenvalue weighted by Crippen LogP contribution is 2.30. The van der Waals surface area contributed by atoms with Gasteiger partial charge in [-0.25, -0.2) is 4.98 Å². The maximum Gasteiger partial charge on any atom is 0.147 e. The summed E-state index contributed by atoms with van der Waals surface area (Å²) in [5.41, 5.74) is 0.488. The number of halogens is 1. The van der Waals surface area contributed by atoms with Crippen molar-refractivity contribution >= 4 is 17.4 Å². The number of fused-ring (bicyclic) bond motifs is 1. The van der Waals surface area contributed by atoms with E-state index in [0.717, 1.165) is 50.2 Å². The Bertz CT molecular complexity index is 788. The van der Waals surface area contributed by atoms with E-state index in [1.807, 2.05) is 6.92 Å². The molecule has 2 aliphatic rings. The summed E-state index contributed by atoms with van der Waals surface area (Å²) in [5, 5.41) is 17.8. The molecule has 0 N–H and O–H groups in total. The second kappa shape index (κ2) is 5.48. The Morgan fingerprint density at radius 1 is 1.30 bits per heavy atom. The molecule has 0 bridgehead atoms. The van der Waals surface area contributed by atoms with Gasteiger partial charge in [-0.3, -0.25) is 4.90 Å². The largest absolute Gasteiger partial charge is 0.352 e. The van der Waals surface area contributed by atoms with Crippen molar-refractivity contribution in [3.05, 3.63) is 34.5 Å². The number of aryl methyl sites for hydroxylation is 1. The fraction of sp³-hybridized carbons (Fsp3) is 0.467. The van der Waals surface area contributed by atoms with Gasteiger partial charge in [0, 0.05) is 38.4 Å². The number of pyridine rings is 1. The molecule has 2 aromatic heterocycles. The normalized spacial score (nSPS) is 18.4. The maximum atomic E-state index is 8.87. The zero-order chi connectivity index (χ0) is 16.0. The summed E-state index contributed by atoms with van der Waals surface area (Å²) >= 11 is 6.23. The van der Waals surface area contributed by atoms with Gasteiger partial charge in [0.05, 0.1) is 17.1 Å². The molecule has 118 valence electrons. The maximum absolute atomic E-state index is 8.87. The van der Waals surface area contributed by atoms with Crippen molar-refractivity contribution in [3.8, 4) is 6.07 Å². The predicted molar refractivity (Wildman–Crippen MR) is 85.1 cm³/mol. The summed E-state index contributed by atoms with van der Waals surface area (Å²) in [4.78, 5) is 8.91. The summed E-state index contributed by atoms with van der Waals surface area (Å²) in [5.74, 6) is 2.79. The number of anilines is 1. The van der Waals surface area contributed by atoms with E-state index in [-0.39, 0.29) is 0 Å². The van der Waals surface area contributed by atoms with Gasteiger partial charge in [-0.2, -0.15) is 5.26 Å². The van der Waals surface area contributed by atoms with Crippen LogP contribution in [0, 0.1) is 18.3 Å². The van der Waals surface area contributed by atoms with Gasteiger partial charge < -0.3 is 9.47 Å². The van der Waals surface area contributed by atoms with Crippen LogP contribution >= 0.6 is 11.6 Å². The van der Waals surface area contributed by atoms with Crippen molar-refractivity contribution < 1.29 is 0 Å². The lowest BCUT2D eigenvalue weighted by Gasteiger charge is -2.47. The first-order chi connectivity index (χ1) is 11.2. The van der Waals surface area contributed by atoms with Crippen LogP contribution in [0.15, 0.2) is 12.3 Å². The SMILES string of the molecule is Cc1nnc2n1CCN(C1CN(c3ncc(C#N)cc3Cl)C1)C2. The zero-order valence-electron chi connectivity index (χ0n) is 12.8. The first-order valence-electron chi connectivity index (χ1n) is 7.59. The van der Waals surface area contributed by atoms with Crippen LogP contribution < -0.4 is 4.90 Å². The van der Waals surface area contributed by atoms with Gasteiger partial charge in [0.2, 0.25) is 0 Å². The molecule has 0 aliphatic carbocycles. The monoisotopic (exact) mass is 329 g/mol. The van der Waals surface area contributed by atoms with Gasteiger partial charge in [-0.05, 0) is 13.0 Å². The van der Waals surface area contributed by atoms with Gasteiger partial charge in [-0.1, -0.05) is 11.6 Å². The summed E-state index contributed by atoms with van der Waals surface area (Å²) in [6.07, 6.45) is 1.57. The molecule has 1 fully saturated rings. The Hall–Kier alpha value is -2.17. The molecular formula is C15H16ClN7. The summed E-state index contributed by atoms with van der Waals surface area (Å²) in [6.45, 7) is 6.58. The van der Waals surface area contributed by atoms with Gasteiger partial charge in [0.15, 0.2) is 0 Å². The van der Waals surface area contributed by atoms with Crippen LogP contribution in [-0.4, -0.2) is 50.3 Å². The van der Waals surface area contributed by atoms with E-state index in [0.29, 0.717) is 16.6 Å². The van der Waals surface area contributed by atoms with E-state index < -0.39 is 0 Å². The molecule has 0 radical (unpaired) electrons. The number of hydrogen-bond donors (Lipinski definition) is 0. The van der Waals surface area contributed by atoms with Crippen molar-refractivity contribution in [3.63, 3.8) is 0 Å². The summed E-state index contributed by atoms with van der Waals surface area (Å²) < 4.78 is 2.19. The fourth-order valence-corrected chi connectivity index (χ4v) is 3.50. The summed E-state index contributed by atoms with van der Waals surface area (Å²) in [7, 11) is 0. The lowest BCUT2D eigenvalue weighted by molar-refractivity contribution is 0.127. The minimum Gasteiger partial charge on any atom is -0.352 e. The number of aromatic nitrogens is 4. The van der Waals surface area contributed by atoms with Crippen LogP contribution in [0.3, 0.4) is 0 Å². The second-order valence-electron chi connectivity index (χ2n) is 5.99. The van der Waals surface area contributed by atoms with Crippen LogP contribution in [0.4, 0.5) is 5.82 Å². The smallest absolute Gasteiger partial charge is 0.147 e. The van der Waals surface area contributed by atoms with Gasteiger partial charge >= 0.3 is 0 Å². The van der Waals surface area contributed by atoms with Crippen molar-refractivity contribution in [2.45, 2.75) is 26.1 Å². The van der Waals surface area contributed by atoms with Gasteiger partial charge in [-0.15, -0.1) is 10.2 Å². The van der Waals surface area contributed by atoms with Crippen molar-refractivity contribution in [2.75, 3.05) is 24.5 Å². The molecule has 0 atom stereocenters. The van der Waals surface area contributed by atoms with Gasteiger partial charge in [0.1, 0.15) is 23.5 Å². The van der Waals surface area contributed by atoms with Crippen molar-refractivity contribution in [1.29, 1.82) is 5.26 Å². The standard InChI is InChI=1S/C15H16ClN7/c1-10-19-20-14-9-21(2-3-23(10)14)12-7-22(8-12)15-13(16)4-11(5-17)6-18-15/h4,6,12H,2-3,7-9H2,1H3. The first-order valence-corrected chi connectivity index (χ1v) is 7.97. The lowest BCUT2D eigenvalue weighted by Crippen LogP contribution is -2.61. The topological polar surface area (TPSA) is 73.9 Å². The Kier molecular flexibility index (Phi) is 3.43.